The van der Waals surface area contributed by atoms with Crippen LogP contribution in [-0.2, 0) is 14.8 Å². The molecule has 182 valence electrons. The van der Waals surface area contributed by atoms with Gasteiger partial charge in [-0.25, -0.2) is 8.42 Å². The van der Waals surface area contributed by atoms with E-state index >= 15 is 0 Å². The van der Waals surface area contributed by atoms with Gasteiger partial charge in [-0.15, -0.1) is 0 Å². The van der Waals surface area contributed by atoms with E-state index in [0.717, 1.165) is 18.4 Å². The summed E-state index contributed by atoms with van der Waals surface area (Å²) in [7, 11) is -3.81. The first-order valence-corrected chi connectivity index (χ1v) is 12.8. The van der Waals surface area contributed by atoms with Crippen molar-refractivity contribution >= 4 is 33.2 Å². The Morgan fingerprint density at radius 3 is 2.49 bits per heavy atom. The molecule has 8 nitrogen and oxygen atoms in total. The molecule has 0 unspecified atom stereocenters. The van der Waals surface area contributed by atoms with Gasteiger partial charge in [0.25, 0.3) is 21.8 Å². The lowest BCUT2D eigenvalue weighted by atomic mass is 10.1. The van der Waals surface area contributed by atoms with E-state index in [0.29, 0.717) is 24.4 Å². The van der Waals surface area contributed by atoms with Crippen molar-refractivity contribution in [3.63, 3.8) is 0 Å². The highest BCUT2D eigenvalue weighted by atomic mass is 32.2. The number of rotatable bonds is 8. The number of aryl methyl sites for hydroxylation is 1. The number of hydrogen-bond donors (Lipinski definition) is 3. The van der Waals surface area contributed by atoms with Crippen molar-refractivity contribution < 1.29 is 22.7 Å². The molecule has 1 saturated heterocycles. The van der Waals surface area contributed by atoms with Gasteiger partial charge >= 0.3 is 0 Å². The van der Waals surface area contributed by atoms with Crippen molar-refractivity contribution in [1.82, 2.24) is 5.32 Å². The Morgan fingerprint density at radius 1 is 0.971 bits per heavy atom. The summed E-state index contributed by atoms with van der Waals surface area (Å²) in [5.41, 5.74) is 2.12. The van der Waals surface area contributed by atoms with Gasteiger partial charge < -0.3 is 15.4 Å². The second-order valence-electron chi connectivity index (χ2n) is 8.34. The van der Waals surface area contributed by atoms with Gasteiger partial charge in [-0.3, -0.25) is 14.3 Å². The molecular formula is C26H27N3O5S. The molecule has 3 aromatic rings. The molecule has 1 aliphatic heterocycles. The zero-order chi connectivity index (χ0) is 24.8. The van der Waals surface area contributed by atoms with E-state index < -0.39 is 15.9 Å². The van der Waals surface area contributed by atoms with Crippen LogP contribution in [0.2, 0.25) is 0 Å². The van der Waals surface area contributed by atoms with Crippen LogP contribution in [0.3, 0.4) is 0 Å². The van der Waals surface area contributed by atoms with Crippen LogP contribution in [0.1, 0.15) is 39.1 Å². The van der Waals surface area contributed by atoms with Crippen LogP contribution in [-0.4, -0.2) is 39.5 Å². The highest BCUT2D eigenvalue weighted by Gasteiger charge is 2.19. The Balaban J connectivity index is 1.46. The molecule has 1 atom stereocenters. The predicted molar refractivity (Wildman–Crippen MR) is 134 cm³/mol. The number of hydrogen-bond acceptors (Lipinski definition) is 5. The standard InChI is InChI=1S/C26H27N3O5S/c1-18-11-13-22(14-12-18)35(32,33)29-20-7-4-6-19(16-20)25(30)28-24-10-3-2-9-23(24)26(31)27-17-21-8-5-15-34-21/h2-4,6-7,9-14,16,21,29H,5,8,15,17H2,1H3,(H,27,31)(H,28,30)/t21-/m0/s1. The minimum Gasteiger partial charge on any atom is -0.376 e. The maximum atomic E-state index is 12.9. The third kappa shape index (κ3) is 6.26. The number of para-hydroxylation sites is 1. The summed E-state index contributed by atoms with van der Waals surface area (Å²) in [6.07, 6.45) is 1.89. The van der Waals surface area contributed by atoms with Crippen molar-refractivity contribution in [3.05, 3.63) is 89.5 Å². The highest BCUT2D eigenvalue weighted by Crippen LogP contribution is 2.20. The summed E-state index contributed by atoms with van der Waals surface area (Å²) in [6.45, 7) is 2.98. The minimum atomic E-state index is -3.81. The predicted octanol–water partition coefficient (Wildman–Crippen LogP) is 3.96. The van der Waals surface area contributed by atoms with Crippen LogP contribution in [0.25, 0.3) is 0 Å². The summed E-state index contributed by atoms with van der Waals surface area (Å²) in [5.74, 6) is -0.781. The van der Waals surface area contributed by atoms with Crippen molar-refractivity contribution in [2.45, 2.75) is 30.8 Å². The topological polar surface area (TPSA) is 114 Å². The molecule has 0 bridgehead atoms. The van der Waals surface area contributed by atoms with Gasteiger partial charge in [0.15, 0.2) is 0 Å². The number of benzene rings is 3. The molecule has 1 aliphatic rings. The number of amides is 2. The van der Waals surface area contributed by atoms with Crippen LogP contribution in [0.4, 0.5) is 11.4 Å². The molecule has 4 rings (SSSR count). The molecule has 0 saturated carbocycles. The zero-order valence-electron chi connectivity index (χ0n) is 19.3. The second kappa shape index (κ2) is 10.7. The van der Waals surface area contributed by atoms with Crippen LogP contribution < -0.4 is 15.4 Å². The van der Waals surface area contributed by atoms with Gasteiger partial charge in [0, 0.05) is 24.4 Å². The van der Waals surface area contributed by atoms with E-state index in [9.17, 15) is 18.0 Å². The molecule has 0 radical (unpaired) electrons. The lowest BCUT2D eigenvalue weighted by Gasteiger charge is -2.14. The van der Waals surface area contributed by atoms with E-state index in [4.69, 9.17) is 4.74 Å². The van der Waals surface area contributed by atoms with Gasteiger partial charge in [-0.2, -0.15) is 0 Å². The zero-order valence-corrected chi connectivity index (χ0v) is 20.1. The number of anilines is 2. The quantitative estimate of drug-likeness (QED) is 0.440. The van der Waals surface area contributed by atoms with Crippen molar-refractivity contribution in [2.75, 3.05) is 23.2 Å². The van der Waals surface area contributed by atoms with E-state index in [-0.39, 0.29) is 28.2 Å². The molecule has 2 amide bonds. The Labute approximate surface area is 204 Å². The summed E-state index contributed by atoms with van der Waals surface area (Å²) < 4.78 is 33.4. The van der Waals surface area contributed by atoms with Crippen molar-refractivity contribution in [1.29, 1.82) is 0 Å². The van der Waals surface area contributed by atoms with Crippen LogP contribution in [0, 0.1) is 6.92 Å². The highest BCUT2D eigenvalue weighted by molar-refractivity contribution is 7.92. The Bertz CT molecular complexity index is 1320. The van der Waals surface area contributed by atoms with Crippen molar-refractivity contribution in [2.24, 2.45) is 0 Å². The fourth-order valence-corrected chi connectivity index (χ4v) is 4.80. The molecule has 3 aromatic carbocycles. The molecular weight excluding hydrogens is 466 g/mol. The van der Waals surface area contributed by atoms with Crippen molar-refractivity contribution in [3.8, 4) is 0 Å². The largest absolute Gasteiger partial charge is 0.376 e. The molecule has 35 heavy (non-hydrogen) atoms. The van der Waals surface area contributed by atoms with Gasteiger partial charge in [-0.1, -0.05) is 35.9 Å². The number of sulfonamides is 1. The summed E-state index contributed by atoms with van der Waals surface area (Å²) in [5, 5.41) is 5.61. The van der Waals surface area contributed by atoms with E-state index in [2.05, 4.69) is 15.4 Å². The first kappa shape index (κ1) is 24.4. The maximum Gasteiger partial charge on any atom is 0.261 e. The summed E-state index contributed by atoms with van der Waals surface area (Å²) in [6, 6.07) is 19.4. The van der Waals surface area contributed by atoms with E-state index in [1.807, 2.05) is 6.92 Å². The minimum absolute atomic E-state index is 0.00660. The maximum absolute atomic E-state index is 12.9. The first-order valence-electron chi connectivity index (χ1n) is 11.3. The summed E-state index contributed by atoms with van der Waals surface area (Å²) >= 11 is 0. The SMILES string of the molecule is Cc1ccc(S(=O)(=O)Nc2cccc(C(=O)Nc3ccccc3C(=O)NC[C@@H]3CCCO3)c2)cc1. The normalized spacial score (nSPS) is 15.4. The average molecular weight is 494 g/mol. The monoisotopic (exact) mass is 493 g/mol. The Morgan fingerprint density at radius 2 is 1.74 bits per heavy atom. The molecule has 3 N–H and O–H groups in total. The molecule has 1 fully saturated rings. The molecule has 1 heterocycles. The third-order valence-corrected chi connectivity index (χ3v) is 7.04. The Hall–Kier alpha value is -3.69. The molecule has 0 aliphatic carbocycles. The fourth-order valence-electron chi connectivity index (χ4n) is 3.75. The third-order valence-electron chi connectivity index (χ3n) is 5.64. The van der Waals surface area contributed by atoms with E-state index in [1.54, 1.807) is 54.6 Å². The first-order chi connectivity index (χ1) is 16.8. The van der Waals surface area contributed by atoms with Crippen LogP contribution in [0.15, 0.2) is 77.7 Å². The van der Waals surface area contributed by atoms with E-state index in [1.165, 1.54) is 18.2 Å². The smallest absolute Gasteiger partial charge is 0.261 e. The lowest BCUT2D eigenvalue weighted by Crippen LogP contribution is -2.32. The second-order valence-corrected chi connectivity index (χ2v) is 10.0. The van der Waals surface area contributed by atoms with Gasteiger partial charge in [0.1, 0.15) is 0 Å². The fraction of sp³-hybridized carbons (Fsp3) is 0.231. The average Bonchev–Trinajstić information content (AvgIpc) is 3.37. The number of nitrogens with one attached hydrogen (secondary N) is 3. The Kier molecular flexibility index (Phi) is 7.48. The number of ether oxygens (including phenoxy) is 1. The van der Waals surface area contributed by atoms with Crippen LogP contribution >= 0.6 is 0 Å². The molecule has 9 heteroatoms. The van der Waals surface area contributed by atoms with Gasteiger partial charge in [-0.05, 0) is 62.2 Å². The molecule has 0 spiro atoms. The van der Waals surface area contributed by atoms with Gasteiger partial charge in [0.05, 0.1) is 22.3 Å². The number of carbonyl (C=O) groups excluding carboxylic acids is 2. The number of carbonyl (C=O) groups is 2. The lowest BCUT2D eigenvalue weighted by molar-refractivity contribution is 0.0858. The van der Waals surface area contributed by atoms with Gasteiger partial charge in [0.2, 0.25) is 0 Å². The molecule has 0 aromatic heterocycles. The van der Waals surface area contributed by atoms with Crippen LogP contribution in [0.5, 0.6) is 0 Å². The summed E-state index contributed by atoms with van der Waals surface area (Å²) in [4.78, 5) is 25.8.